The van der Waals surface area contributed by atoms with E-state index in [2.05, 4.69) is 6.92 Å². The summed E-state index contributed by atoms with van der Waals surface area (Å²) in [4.78, 5) is 25.8. The number of imide groups is 1. The van der Waals surface area contributed by atoms with Crippen LogP contribution < -0.4 is 0 Å². The topological polar surface area (TPSA) is 65.1 Å². The molecule has 1 heterocycles. The first-order chi connectivity index (χ1) is 11.5. The number of rotatable bonds is 13. The Balaban J connectivity index is 2.55. The largest absolute Gasteiger partial charge is 0.500 e. The van der Waals surface area contributed by atoms with E-state index in [9.17, 15) is 9.59 Å². The molecule has 2 amide bonds. The van der Waals surface area contributed by atoms with Crippen LogP contribution in [0.25, 0.3) is 0 Å². The molecule has 1 unspecified atom stereocenters. The van der Waals surface area contributed by atoms with Crippen LogP contribution in [-0.2, 0) is 22.9 Å². The first-order valence-electron chi connectivity index (χ1n) is 9.29. The van der Waals surface area contributed by atoms with E-state index in [4.69, 9.17) is 13.3 Å². The molecule has 0 N–H and O–H groups in total. The lowest BCUT2D eigenvalue weighted by molar-refractivity contribution is -0.139. The van der Waals surface area contributed by atoms with Crippen molar-refractivity contribution in [2.75, 3.05) is 26.4 Å². The SMILES string of the molecule is CCCCN1C(=O)CC(CCC[Si](OCC)(OCC)OCC)C1=O. The summed E-state index contributed by atoms with van der Waals surface area (Å²) in [5.41, 5.74) is 0. The smallest absolute Gasteiger partial charge is 0.374 e. The molecule has 1 aliphatic heterocycles. The van der Waals surface area contributed by atoms with Crippen molar-refractivity contribution in [2.24, 2.45) is 5.92 Å². The summed E-state index contributed by atoms with van der Waals surface area (Å²) < 4.78 is 17.5. The van der Waals surface area contributed by atoms with Crippen LogP contribution in [-0.4, -0.2) is 51.9 Å². The fraction of sp³-hybridized carbons (Fsp3) is 0.882. The van der Waals surface area contributed by atoms with Crippen molar-refractivity contribution in [1.82, 2.24) is 4.90 Å². The third-order valence-corrected chi connectivity index (χ3v) is 7.35. The van der Waals surface area contributed by atoms with E-state index in [-0.39, 0.29) is 17.7 Å². The molecule has 1 saturated heterocycles. The Labute approximate surface area is 147 Å². The Kier molecular flexibility index (Phi) is 9.73. The summed E-state index contributed by atoms with van der Waals surface area (Å²) in [5.74, 6) is -0.225. The monoisotopic (exact) mass is 359 g/mol. The van der Waals surface area contributed by atoms with Gasteiger partial charge in [-0.3, -0.25) is 14.5 Å². The minimum absolute atomic E-state index is 0.00931. The van der Waals surface area contributed by atoms with Gasteiger partial charge in [0.2, 0.25) is 11.8 Å². The van der Waals surface area contributed by atoms with Crippen molar-refractivity contribution in [3.63, 3.8) is 0 Å². The van der Waals surface area contributed by atoms with Crippen LogP contribution in [0.1, 0.15) is 59.8 Å². The zero-order chi connectivity index (χ0) is 18.0. The summed E-state index contributed by atoms with van der Waals surface area (Å²) in [6.07, 6.45) is 3.66. The molecular weight excluding hydrogens is 326 g/mol. The van der Waals surface area contributed by atoms with Crippen molar-refractivity contribution >= 4 is 20.6 Å². The number of hydrogen-bond acceptors (Lipinski definition) is 5. The van der Waals surface area contributed by atoms with Gasteiger partial charge in [-0.2, -0.15) is 0 Å². The molecule has 1 rings (SSSR count). The van der Waals surface area contributed by atoms with E-state index >= 15 is 0 Å². The van der Waals surface area contributed by atoms with Crippen molar-refractivity contribution < 1.29 is 22.9 Å². The second-order valence-corrected chi connectivity index (χ2v) is 8.74. The average molecular weight is 360 g/mol. The maximum atomic E-state index is 12.4. The maximum Gasteiger partial charge on any atom is 0.500 e. The zero-order valence-electron chi connectivity index (χ0n) is 15.6. The Morgan fingerprint density at radius 1 is 1.00 bits per heavy atom. The summed E-state index contributed by atoms with van der Waals surface area (Å²) in [6, 6.07) is 0.690. The van der Waals surface area contributed by atoms with Crippen LogP contribution in [0.2, 0.25) is 6.04 Å². The van der Waals surface area contributed by atoms with Crippen molar-refractivity contribution in [3.8, 4) is 0 Å². The highest BCUT2D eigenvalue weighted by Crippen LogP contribution is 2.27. The van der Waals surface area contributed by atoms with Crippen LogP contribution in [0.4, 0.5) is 0 Å². The molecule has 0 saturated carbocycles. The molecule has 0 spiro atoms. The molecule has 24 heavy (non-hydrogen) atoms. The van der Waals surface area contributed by atoms with Gasteiger partial charge in [0.15, 0.2) is 0 Å². The van der Waals surface area contributed by atoms with Gasteiger partial charge < -0.3 is 13.3 Å². The Bertz CT molecular complexity index is 387. The summed E-state index contributed by atoms with van der Waals surface area (Å²) in [7, 11) is -2.65. The molecular formula is C17H33NO5Si. The molecule has 1 aliphatic rings. The molecule has 0 aromatic heterocycles. The van der Waals surface area contributed by atoms with Gasteiger partial charge in [-0.05, 0) is 40.0 Å². The van der Waals surface area contributed by atoms with E-state index in [0.717, 1.165) is 19.3 Å². The van der Waals surface area contributed by atoms with Gasteiger partial charge in [0.05, 0.1) is 0 Å². The number of unbranched alkanes of at least 4 members (excludes halogenated alkanes) is 1. The molecule has 0 aliphatic carbocycles. The molecule has 6 nitrogen and oxygen atoms in total. The third-order valence-electron chi connectivity index (χ3n) is 4.20. The number of nitrogens with zero attached hydrogens (tertiary/aromatic N) is 1. The van der Waals surface area contributed by atoms with Crippen molar-refractivity contribution in [1.29, 1.82) is 0 Å². The Morgan fingerprint density at radius 2 is 1.58 bits per heavy atom. The fourth-order valence-electron chi connectivity index (χ4n) is 3.09. The number of carbonyl (C=O) groups excluding carboxylic acids is 2. The Hall–Kier alpha value is -0.763. The van der Waals surface area contributed by atoms with Gasteiger partial charge in [0, 0.05) is 44.7 Å². The van der Waals surface area contributed by atoms with Gasteiger partial charge in [-0.25, -0.2) is 0 Å². The van der Waals surface area contributed by atoms with Crippen LogP contribution >= 0.6 is 0 Å². The average Bonchev–Trinajstić information content (AvgIpc) is 2.80. The standard InChI is InChI=1S/C17H33NO5Si/c1-5-9-12-18-16(19)14-15(17(18)20)11-10-13-24(21-6-2,22-7-3)23-8-4/h15H,5-14H2,1-4H3. The van der Waals surface area contributed by atoms with Gasteiger partial charge in [0.1, 0.15) is 0 Å². The molecule has 0 bridgehead atoms. The van der Waals surface area contributed by atoms with Gasteiger partial charge in [-0.1, -0.05) is 13.3 Å². The molecule has 0 aromatic rings. The minimum Gasteiger partial charge on any atom is -0.374 e. The van der Waals surface area contributed by atoms with E-state index in [1.54, 1.807) is 0 Å². The lowest BCUT2D eigenvalue weighted by Gasteiger charge is -2.28. The quantitative estimate of drug-likeness (QED) is 0.374. The van der Waals surface area contributed by atoms with E-state index < -0.39 is 8.80 Å². The zero-order valence-corrected chi connectivity index (χ0v) is 16.6. The van der Waals surface area contributed by atoms with Gasteiger partial charge in [0.25, 0.3) is 0 Å². The highest BCUT2D eigenvalue weighted by atomic mass is 28.4. The van der Waals surface area contributed by atoms with Crippen LogP contribution in [0.15, 0.2) is 0 Å². The number of likely N-dealkylation sites (tertiary alicyclic amines) is 1. The number of hydrogen-bond donors (Lipinski definition) is 0. The fourth-order valence-corrected chi connectivity index (χ4v) is 5.73. The maximum absolute atomic E-state index is 12.4. The van der Waals surface area contributed by atoms with Crippen LogP contribution in [0.3, 0.4) is 0 Å². The molecule has 1 atom stereocenters. The lowest BCUT2D eigenvalue weighted by Crippen LogP contribution is -2.46. The highest BCUT2D eigenvalue weighted by molar-refractivity contribution is 6.60. The highest BCUT2D eigenvalue weighted by Gasteiger charge is 2.42. The van der Waals surface area contributed by atoms with Crippen LogP contribution in [0, 0.1) is 5.92 Å². The van der Waals surface area contributed by atoms with E-state index in [1.807, 2.05) is 20.8 Å². The number of carbonyl (C=O) groups is 2. The van der Waals surface area contributed by atoms with Gasteiger partial charge in [-0.15, -0.1) is 0 Å². The predicted molar refractivity (Wildman–Crippen MR) is 94.4 cm³/mol. The molecule has 1 fully saturated rings. The van der Waals surface area contributed by atoms with Crippen molar-refractivity contribution in [2.45, 2.75) is 65.8 Å². The normalized spacial score (nSPS) is 18.7. The number of amides is 2. The molecule has 140 valence electrons. The predicted octanol–water partition coefficient (Wildman–Crippen LogP) is 2.99. The van der Waals surface area contributed by atoms with E-state index in [0.29, 0.717) is 45.3 Å². The second-order valence-electron chi connectivity index (χ2n) is 6.01. The summed E-state index contributed by atoms with van der Waals surface area (Å²) in [6.45, 7) is 10.1. The van der Waals surface area contributed by atoms with Gasteiger partial charge >= 0.3 is 8.80 Å². The van der Waals surface area contributed by atoms with E-state index in [1.165, 1.54) is 4.90 Å². The molecule has 7 heteroatoms. The summed E-state index contributed by atoms with van der Waals surface area (Å²) in [5, 5.41) is 0. The Morgan fingerprint density at radius 3 is 2.08 bits per heavy atom. The molecule has 0 aromatic carbocycles. The second kappa shape index (κ2) is 11.0. The van der Waals surface area contributed by atoms with Crippen LogP contribution in [0.5, 0.6) is 0 Å². The third kappa shape index (κ3) is 5.95. The minimum atomic E-state index is -2.65. The lowest BCUT2D eigenvalue weighted by atomic mass is 10.0. The van der Waals surface area contributed by atoms with Crippen molar-refractivity contribution in [3.05, 3.63) is 0 Å². The summed E-state index contributed by atoms with van der Waals surface area (Å²) >= 11 is 0. The first kappa shape index (κ1) is 21.3. The molecule has 0 radical (unpaired) electrons. The first-order valence-corrected chi connectivity index (χ1v) is 11.2.